The van der Waals surface area contributed by atoms with Crippen LogP contribution in [-0.4, -0.2) is 39.3 Å². The molecular weight excluding hydrogens is 542 g/mol. The number of anilines is 1. The summed E-state index contributed by atoms with van der Waals surface area (Å²) in [5, 5.41) is 15.6. The maximum absolute atomic E-state index is 11.4. The maximum Gasteiger partial charge on any atom is 0.347 e. The highest BCUT2D eigenvalue weighted by Crippen LogP contribution is 2.34. The van der Waals surface area contributed by atoms with Crippen molar-refractivity contribution in [1.82, 2.24) is 15.6 Å². The van der Waals surface area contributed by atoms with Crippen LogP contribution in [-0.2, 0) is 22.6 Å². The van der Waals surface area contributed by atoms with Crippen LogP contribution in [0.25, 0.3) is 10.8 Å². The third-order valence-corrected chi connectivity index (χ3v) is 7.90. The van der Waals surface area contributed by atoms with Gasteiger partial charge in [0.15, 0.2) is 11.8 Å². The quantitative estimate of drug-likeness (QED) is 0.222. The number of hydroxylamine groups is 1. The molecule has 2 aromatic heterocycles. The molecular formula is C30H31N5O5S. The first-order valence-electron chi connectivity index (χ1n) is 13.6. The van der Waals surface area contributed by atoms with Crippen molar-refractivity contribution in [2.45, 2.75) is 51.4 Å². The minimum Gasteiger partial charge on any atom is -0.478 e. The van der Waals surface area contributed by atoms with Crippen LogP contribution in [0, 0.1) is 5.92 Å². The van der Waals surface area contributed by atoms with E-state index in [0.717, 1.165) is 40.3 Å². The molecule has 1 saturated carbocycles. The van der Waals surface area contributed by atoms with Crippen molar-refractivity contribution in [3.05, 3.63) is 82.7 Å². The molecule has 0 spiro atoms. The molecule has 41 heavy (non-hydrogen) atoms. The Hall–Kier alpha value is -4.22. The van der Waals surface area contributed by atoms with Crippen LogP contribution in [0.15, 0.2) is 75.6 Å². The van der Waals surface area contributed by atoms with Gasteiger partial charge in [0.1, 0.15) is 5.75 Å². The van der Waals surface area contributed by atoms with E-state index in [1.807, 2.05) is 29.6 Å². The van der Waals surface area contributed by atoms with E-state index in [0.29, 0.717) is 43.0 Å². The number of aliphatic carboxylic acids is 1. The van der Waals surface area contributed by atoms with Crippen LogP contribution in [0.1, 0.15) is 49.5 Å². The van der Waals surface area contributed by atoms with E-state index < -0.39 is 11.6 Å². The molecule has 1 aliphatic carbocycles. The molecule has 212 valence electrons. The molecule has 3 heterocycles. The monoisotopic (exact) mass is 573 g/mol. The van der Waals surface area contributed by atoms with Crippen LogP contribution < -0.4 is 15.1 Å². The molecule has 0 radical (unpaired) electrons. The first-order chi connectivity index (χ1) is 19.8. The molecule has 2 aliphatic rings. The number of carboxylic acid groups (broad SMARTS) is 1. The molecule has 0 bridgehead atoms. The van der Waals surface area contributed by atoms with Gasteiger partial charge in [-0.25, -0.2) is 9.79 Å². The first-order valence-corrected chi connectivity index (χ1v) is 14.4. The number of hydrogen-bond donors (Lipinski definition) is 2. The van der Waals surface area contributed by atoms with Crippen molar-refractivity contribution >= 4 is 29.2 Å². The van der Waals surface area contributed by atoms with Gasteiger partial charge in [-0.3, -0.25) is 0 Å². The molecule has 1 fully saturated rings. The normalized spacial score (nSPS) is 16.7. The molecule has 6 rings (SSSR count). The second-order valence-corrected chi connectivity index (χ2v) is 11.7. The molecule has 4 aromatic rings. The Morgan fingerprint density at radius 3 is 2.56 bits per heavy atom. The number of thiophene rings is 1. The number of carbonyl (C=O) groups is 1. The van der Waals surface area contributed by atoms with E-state index in [9.17, 15) is 9.90 Å². The SMILES string of the molecule is CC(C)(Oc1ccc(CCN(Cc2ccc(C3N=C(C4CC4)ON3)cc2)c2noc(-c3cccs3)n2)cc1)C(=O)O. The van der Waals surface area contributed by atoms with Gasteiger partial charge in [0, 0.05) is 19.0 Å². The fraction of sp³-hybridized carbons (Fsp3) is 0.333. The zero-order chi connectivity index (χ0) is 28.4. The number of hydrogen-bond acceptors (Lipinski definition) is 10. The average Bonchev–Trinajstić information content (AvgIpc) is 3.36. The number of aromatic nitrogens is 2. The van der Waals surface area contributed by atoms with Crippen LogP contribution in [0.2, 0.25) is 0 Å². The lowest BCUT2D eigenvalue weighted by molar-refractivity contribution is -0.152. The van der Waals surface area contributed by atoms with Crippen LogP contribution in [0.4, 0.5) is 5.95 Å². The van der Waals surface area contributed by atoms with E-state index in [-0.39, 0.29) is 6.17 Å². The first kappa shape index (κ1) is 27.0. The molecule has 0 amide bonds. The fourth-order valence-electron chi connectivity index (χ4n) is 4.40. The number of benzene rings is 2. The summed E-state index contributed by atoms with van der Waals surface area (Å²) in [5.41, 5.74) is 4.93. The summed E-state index contributed by atoms with van der Waals surface area (Å²) in [4.78, 5) is 29.4. The van der Waals surface area contributed by atoms with Crippen LogP contribution in [0.3, 0.4) is 0 Å². The Bertz CT molecular complexity index is 1510. The number of rotatable bonds is 12. The van der Waals surface area contributed by atoms with Crippen molar-refractivity contribution in [3.8, 4) is 16.5 Å². The zero-order valence-corrected chi connectivity index (χ0v) is 23.6. The summed E-state index contributed by atoms with van der Waals surface area (Å²) in [5.74, 6) is 1.78. The number of ether oxygens (including phenoxy) is 1. The van der Waals surface area contributed by atoms with Gasteiger partial charge in [-0.05, 0) is 78.5 Å². The highest BCUT2D eigenvalue weighted by molar-refractivity contribution is 7.13. The Morgan fingerprint density at radius 2 is 1.88 bits per heavy atom. The predicted octanol–water partition coefficient (Wildman–Crippen LogP) is 5.63. The van der Waals surface area contributed by atoms with Gasteiger partial charge >= 0.3 is 5.97 Å². The van der Waals surface area contributed by atoms with Crippen molar-refractivity contribution in [2.24, 2.45) is 10.9 Å². The molecule has 11 heteroatoms. The van der Waals surface area contributed by atoms with Crippen molar-refractivity contribution in [1.29, 1.82) is 0 Å². The molecule has 0 saturated heterocycles. The van der Waals surface area contributed by atoms with E-state index in [1.54, 1.807) is 23.5 Å². The lowest BCUT2D eigenvalue weighted by Crippen LogP contribution is -2.37. The minimum atomic E-state index is -1.31. The second-order valence-electron chi connectivity index (χ2n) is 10.7. The molecule has 10 nitrogen and oxygen atoms in total. The van der Waals surface area contributed by atoms with E-state index >= 15 is 0 Å². The van der Waals surface area contributed by atoms with Gasteiger partial charge in [0.05, 0.1) is 4.88 Å². The number of nitrogens with one attached hydrogen (secondary N) is 1. The number of aliphatic imine (C=N–C) groups is 1. The van der Waals surface area contributed by atoms with Crippen molar-refractivity contribution in [3.63, 3.8) is 0 Å². The van der Waals surface area contributed by atoms with Crippen molar-refractivity contribution < 1.29 is 24.0 Å². The molecule has 2 aromatic carbocycles. The Morgan fingerprint density at radius 1 is 1.12 bits per heavy atom. The summed E-state index contributed by atoms with van der Waals surface area (Å²) in [7, 11) is 0. The molecule has 1 aliphatic heterocycles. The van der Waals surface area contributed by atoms with Gasteiger partial charge < -0.3 is 24.1 Å². The third kappa shape index (κ3) is 6.41. The predicted molar refractivity (Wildman–Crippen MR) is 155 cm³/mol. The lowest BCUT2D eigenvalue weighted by Gasteiger charge is -2.22. The third-order valence-electron chi connectivity index (χ3n) is 7.04. The van der Waals surface area contributed by atoms with Crippen LogP contribution >= 0.6 is 11.3 Å². The lowest BCUT2D eigenvalue weighted by atomic mass is 10.1. The molecule has 1 unspecified atom stereocenters. The van der Waals surface area contributed by atoms with Crippen LogP contribution in [0.5, 0.6) is 5.75 Å². The number of nitrogens with zero attached hydrogens (tertiary/aromatic N) is 4. The van der Waals surface area contributed by atoms with E-state index in [4.69, 9.17) is 14.1 Å². The van der Waals surface area contributed by atoms with Crippen molar-refractivity contribution in [2.75, 3.05) is 11.4 Å². The average molecular weight is 574 g/mol. The molecule has 2 N–H and O–H groups in total. The summed E-state index contributed by atoms with van der Waals surface area (Å²) in [6, 6.07) is 19.7. The summed E-state index contributed by atoms with van der Waals surface area (Å²) in [6.07, 6.45) is 2.82. The summed E-state index contributed by atoms with van der Waals surface area (Å²) in [6.45, 7) is 4.28. The largest absolute Gasteiger partial charge is 0.478 e. The molecule has 1 atom stereocenters. The minimum absolute atomic E-state index is 0.186. The van der Waals surface area contributed by atoms with Gasteiger partial charge in [-0.15, -0.1) is 16.8 Å². The fourth-order valence-corrected chi connectivity index (χ4v) is 5.05. The van der Waals surface area contributed by atoms with Gasteiger partial charge in [0.2, 0.25) is 5.90 Å². The standard InChI is InChI=1S/C30H31N5O5S/c1-30(2,28(36)37)38-23-13-7-19(8-14-23)15-16-35(29-32-27(40-34-29)24-4-3-17-41-24)18-20-5-9-21(10-6-20)25-31-26(39-33-25)22-11-12-22/h3-10,13-14,17,22,25,33H,11-12,15-16,18H2,1-2H3,(H,36,37). The van der Waals surface area contributed by atoms with Gasteiger partial charge in [0.25, 0.3) is 11.8 Å². The second kappa shape index (κ2) is 11.3. The highest BCUT2D eigenvalue weighted by atomic mass is 32.1. The van der Waals surface area contributed by atoms with E-state index in [1.165, 1.54) is 13.8 Å². The maximum atomic E-state index is 11.4. The van der Waals surface area contributed by atoms with Gasteiger partial charge in [-0.2, -0.15) is 4.98 Å². The Labute approximate surface area is 241 Å². The van der Waals surface area contributed by atoms with E-state index in [2.05, 4.69) is 49.8 Å². The topological polar surface area (TPSA) is 122 Å². The smallest absolute Gasteiger partial charge is 0.347 e. The highest BCUT2D eigenvalue weighted by Gasteiger charge is 2.34. The Balaban J connectivity index is 1.16. The number of carboxylic acids is 1. The Kier molecular flexibility index (Phi) is 7.46. The zero-order valence-electron chi connectivity index (χ0n) is 22.8. The summed E-state index contributed by atoms with van der Waals surface area (Å²) >= 11 is 1.55. The summed E-state index contributed by atoms with van der Waals surface area (Å²) < 4.78 is 11.2. The van der Waals surface area contributed by atoms with Gasteiger partial charge in [-0.1, -0.05) is 42.5 Å².